The molecule has 1 saturated heterocycles. The molecular formula is C32H37Br2N3O4S. The van der Waals surface area contributed by atoms with E-state index < -0.39 is 22.2 Å². The quantitative estimate of drug-likeness (QED) is 0.230. The van der Waals surface area contributed by atoms with Crippen LogP contribution < -0.4 is 14.9 Å². The number of hydrogen-bond donors (Lipinski definition) is 3. The predicted molar refractivity (Wildman–Crippen MR) is 174 cm³/mol. The van der Waals surface area contributed by atoms with Crippen molar-refractivity contribution in [3.63, 3.8) is 0 Å². The van der Waals surface area contributed by atoms with Gasteiger partial charge in [0.15, 0.2) is 0 Å². The molecule has 1 saturated carbocycles. The second-order valence-electron chi connectivity index (χ2n) is 11.3. The zero-order valence-electron chi connectivity index (χ0n) is 23.4. The Balaban J connectivity index is 1.36. The van der Waals surface area contributed by atoms with E-state index in [1.54, 1.807) is 6.07 Å². The highest BCUT2D eigenvalue weighted by atomic mass is 79.9. The van der Waals surface area contributed by atoms with Crippen LogP contribution in [-0.4, -0.2) is 50.4 Å². The number of sulfonamides is 1. The summed E-state index contributed by atoms with van der Waals surface area (Å²) in [6.45, 7) is 1.26. The SMILES string of the molecule is O=C(N[C@@H](Cc1ccccc1)[C@H](O)CNCc1cc(Br)cc(Br)c1)c1cc(C2CCCC2)cc(N2CCCS2(=O)=O)c1. The van der Waals surface area contributed by atoms with Crippen molar-refractivity contribution in [1.82, 2.24) is 10.6 Å². The number of anilines is 1. The lowest BCUT2D eigenvalue weighted by molar-refractivity contribution is 0.0830. The van der Waals surface area contributed by atoms with Gasteiger partial charge in [0.2, 0.25) is 10.0 Å². The fourth-order valence-corrected chi connectivity index (χ4v) is 8.89. The zero-order valence-corrected chi connectivity index (χ0v) is 27.4. The molecule has 0 spiro atoms. The first-order valence-electron chi connectivity index (χ1n) is 14.5. The Hall–Kier alpha value is -2.24. The lowest BCUT2D eigenvalue weighted by Crippen LogP contribution is -2.48. The number of hydrogen-bond acceptors (Lipinski definition) is 5. The molecule has 1 aliphatic carbocycles. The Kier molecular flexibility index (Phi) is 10.4. The van der Waals surface area contributed by atoms with Gasteiger partial charge in [-0.15, -0.1) is 0 Å². The van der Waals surface area contributed by atoms with Crippen molar-refractivity contribution in [2.45, 2.75) is 63.1 Å². The molecular weight excluding hydrogens is 682 g/mol. The second kappa shape index (κ2) is 14.0. The standard InChI is InChI=1S/C32H37Br2N3O4S/c33-27-13-23(14-28(34)19-27)20-35-21-31(38)30(15-22-7-2-1-3-8-22)36-32(39)26-16-25(24-9-4-5-10-24)17-29(18-26)37-11-6-12-42(37,40)41/h1-3,7-8,13-14,16-19,24,30-31,35,38H,4-6,9-12,15,20-21H2,(H,36,39)/t30-,31+/m0/s1. The van der Waals surface area contributed by atoms with Gasteiger partial charge >= 0.3 is 0 Å². The highest BCUT2D eigenvalue weighted by Gasteiger charge is 2.31. The second-order valence-corrected chi connectivity index (χ2v) is 15.1. The smallest absolute Gasteiger partial charge is 0.251 e. The number of aliphatic hydroxyl groups excluding tert-OH is 1. The Morgan fingerprint density at radius 2 is 1.67 bits per heavy atom. The van der Waals surface area contributed by atoms with Crippen molar-refractivity contribution < 1.29 is 18.3 Å². The lowest BCUT2D eigenvalue weighted by atomic mass is 9.94. The van der Waals surface area contributed by atoms with E-state index in [0.29, 0.717) is 43.1 Å². The molecule has 42 heavy (non-hydrogen) atoms. The molecule has 7 nitrogen and oxygen atoms in total. The molecule has 10 heteroatoms. The first kappa shape index (κ1) is 31.2. The molecule has 2 aliphatic rings. The van der Waals surface area contributed by atoms with E-state index >= 15 is 0 Å². The number of nitrogens with zero attached hydrogens (tertiary/aromatic N) is 1. The van der Waals surface area contributed by atoms with Crippen LogP contribution in [0.5, 0.6) is 0 Å². The fraction of sp³-hybridized carbons (Fsp3) is 0.406. The molecule has 0 radical (unpaired) electrons. The molecule has 1 heterocycles. The van der Waals surface area contributed by atoms with Crippen molar-refractivity contribution >= 4 is 53.5 Å². The summed E-state index contributed by atoms with van der Waals surface area (Å²) in [4.78, 5) is 13.8. The topological polar surface area (TPSA) is 98.7 Å². The highest BCUT2D eigenvalue weighted by Crippen LogP contribution is 2.37. The van der Waals surface area contributed by atoms with Crippen molar-refractivity contribution in [1.29, 1.82) is 0 Å². The van der Waals surface area contributed by atoms with Gasteiger partial charge in [-0.25, -0.2) is 8.42 Å². The molecule has 3 aromatic rings. The third-order valence-corrected chi connectivity index (χ3v) is 10.9. The summed E-state index contributed by atoms with van der Waals surface area (Å²) in [6, 6.07) is 20.8. The minimum absolute atomic E-state index is 0.122. The third-order valence-electron chi connectivity index (χ3n) is 8.10. The van der Waals surface area contributed by atoms with E-state index in [2.05, 4.69) is 42.5 Å². The van der Waals surface area contributed by atoms with Crippen LogP contribution in [0.3, 0.4) is 0 Å². The number of aliphatic hydroxyl groups is 1. The van der Waals surface area contributed by atoms with Crippen molar-refractivity contribution in [3.05, 3.63) is 97.9 Å². The van der Waals surface area contributed by atoms with Crippen LogP contribution in [0.1, 0.15) is 65.1 Å². The van der Waals surface area contributed by atoms with E-state index in [-0.39, 0.29) is 18.2 Å². The summed E-state index contributed by atoms with van der Waals surface area (Å²) in [5.74, 6) is 0.121. The summed E-state index contributed by atoms with van der Waals surface area (Å²) in [6.07, 6.45) is 4.50. The van der Waals surface area contributed by atoms with Gasteiger partial charge in [-0.1, -0.05) is 75.0 Å². The Labute approximate surface area is 265 Å². The first-order valence-corrected chi connectivity index (χ1v) is 17.7. The van der Waals surface area contributed by atoms with Crippen LogP contribution in [0.2, 0.25) is 0 Å². The van der Waals surface area contributed by atoms with Gasteiger partial charge in [-0.3, -0.25) is 9.10 Å². The molecule has 0 bridgehead atoms. The fourth-order valence-electron chi connectivity index (χ4n) is 5.96. The maximum atomic E-state index is 13.8. The molecule has 2 fully saturated rings. The van der Waals surface area contributed by atoms with Gasteiger partial charge in [-0.2, -0.15) is 0 Å². The van der Waals surface area contributed by atoms with E-state index in [1.807, 2.05) is 60.7 Å². The number of carbonyl (C=O) groups is 1. The van der Waals surface area contributed by atoms with Crippen LogP contribution in [-0.2, 0) is 23.0 Å². The van der Waals surface area contributed by atoms with Gasteiger partial charge < -0.3 is 15.7 Å². The molecule has 1 amide bonds. The maximum absolute atomic E-state index is 13.8. The molecule has 224 valence electrons. The summed E-state index contributed by atoms with van der Waals surface area (Å²) in [5.41, 5.74) is 4.05. The monoisotopic (exact) mass is 717 g/mol. The van der Waals surface area contributed by atoms with Crippen LogP contribution in [0.25, 0.3) is 0 Å². The number of carbonyl (C=O) groups excluding carboxylic acids is 1. The maximum Gasteiger partial charge on any atom is 0.251 e. The summed E-state index contributed by atoms with van der Waals surface area (Å²) in [5, 5.41) is 17.7. The molecule has 0 aromatic heterocycles. The van der Waals surface area contributed by atoms with Crippen molar-refractivity contribution in [2.75, 3.05) is 23.1 Å². The average molecular weight is 720 g/mol. The molecule has 1 aliphatic heterocycles. The third kappa shape index (κ3) is 8.02. The van der Waals surface area contributed by atoms with E-state index in [0.717, 1.165) is 51.3 Å². The number of nitrogens with one attached hydrogen (secondary N) is 2. The van der Waals surface area contributed by atoms with Gasteiger partial charge in [-0.05, 0) is 84.7 Å². The average Bonchev–Trinajstić information content (AvgIpc) is 3.62. The Bertz CT molecular complexity index is 1480. The normalized spacial score (nSPS) is 18.2. The van der Waals surface area contributed by atoms with Gasteiger partial charge in [0.25, 0.3) is 5.91 Å². The van der Waals surface area contributed by atoms with Gasteiger partial charge in [0.1, 0.15) is 0 Å². The predicted octanol–water partition coefficient (Wildman–Crippen LogP) is 5.90. The van der Waals surface area contributed by atoms with E-state index in [9.17, 15) is 18.3 Å². The summed E-state index contributed by atoms with van der Waals surface area (Å²) < 4.78 is 28.9. The van der Waals surface area contributed by atoms with Crippen LogP contribution in [0, 0.1) is 0 Å². The Morgan fingerprint density at radius 3 is 2.33 bits per heavy atom. The van der Waals surface area contributed by atoms with Crippen LogP contribution in [0.15, 0.2) is 75.7 Å². The summed E-state index contributed by atoms with van der Waals surface area (Å²) >= 11 is 7.02. The van der Waals surface area contributed by atoms with E-state index in [1.165, 1.54) is 4.31 Å². The minimum Gasteiger partial charge on any atom is -0.390 e. The number of amides is 1. The molecule has 0 unspecified atom stereocenters. The highest BCUT2D eigenvalue weighted by molar-refractivity contribution is 9.11. The van der Waals surface area contributed by atoms with Crippen molar-refractivity contribution in [2.24, 2.45) is 0 Å². The molecule has 3 N–H and O–H groups in total. The number of benzene rings is 3. The zero-order chi connectivity index (χ0) is 29.7. The van der Waals surface area contributed by atoms with Crippen molar-refractivity contribution in [3.8, 4) is 0 Å². The van der Waals surface area contributed by atoms with Crippen LogP contribution >= 0.6 is 31.9 Å². The van der Waals surface area contributed by atoms with Gasteiger partial charge in [0.05, 0.1) is 23.6 Å². The molecule has 3 aromatic carbocycles. The molecule has 2 atom stereocenters. The van der Waals surface area contributed by atoms with E-state index in [4.69, 9.17) is 0 Å². The number of rotatable bonds is 11. The largest absolute Gasteiger partial charge is 0.390 e. The lowest BCUT2D eigenvalue weighted by Gasteiger charge is -2.26. The van der Waals surface area contributed by atoms with Crippen LogP contribution in [0.4, 0.5) is 5.69 Å². The summed E-state index contributed by atoms with van der Waals surface area (Å²) in [7, 11) is -3.39. The first-order chi connectivity index (χ1) is 20.2. The Morgan fingerprint density at radius 1 is 0.952 bits per heavy atom. The minimum atomic E-state index is -3.39. The number of halogens is 2. The van der Waals surface area contributed by atoms with Gasteiger partial charge in [0, 0.05) is 34.1 Å². The molecule has 5 rings (SSSR count).